The van der Waals surface area contributed by atoms with Gasteiger partial charge in [-0.05, 0) is 62.8 Å². The minimum absolute atomic E-state index is 0.194. The lowest BCUT2D eigenvalue weighted by Crippen LogP contribution is -2.45. The summed E-state index contributed by atoms with van der Waals surface area (Å²) in [5.74, 6) is -0.177. The molecule has 1 aliphatic carbocycles. The molecule has 0 spiro atoms. The number of hydrogen-bond donors (Lipinski definition) is 1. The topological polar surface area (TPSA) is 55.4 Å². The number of esters is 1. The highest BCUT2D eigenvalue weighted by molar-refractivity contribution is 5.92. The molecule has 126 valence electrons. The first-order valence-electron chi connectivity index (χ1n) is 8.47. The quantitative estimate of drug-likeness (QED) is 0.864. The van der Waals surface area contributed by atoms with Gasteiger partial charge < -0.3 is 10.1 Å². The Bertz CT molecular complexity index is 582. The van der Waals surface area contributed by atoms with Crippen LogP contribution in [-0.2, 0) is 9.53 Å². The maximum absolute atomic E-state index is 12.3. The van der Waals surface area contributed by atoms with E-state index >= 15 is 0 Å². The zero-order valence-electron chi connectivity index (χ0n) is 14.5. The van der Waals surface area contributed by atoms with E-state index in [-0.39, 0.29) is 11.9 Å². The van der Waals surface area contributed by atoms with E-state index in [0.29, 0.717) is 11.5 Å². The number of aryl methyl sites for hydroxylation is 2. The smallest absolute Gasteiger partial charge is 0.338 e. The second kappa shape index (κ2) is 7.62. The van der Waals surface area contributed by atoms with Gasteiger partial charge in [-0.3, -0.25) is 4.79 Å². The number of hydrogen-bond acceptors (Lipinski definition) is 3. The number of benzene rings is 1. The van der Waals surface area contributed by atoms with Gasteiger partial charge in [0.25, 0.3) is 5.91 Å². The van der Waals surface area contributed by atoms with Gasteiger partial charge in [0, 0.05) is 6.04 Å². The van der Waals surface area contributed by atoms with Crippen molar-refractivity contribution in [2.24, 2.45) is 5.92 Å². The normalized spacial score (nSPS) is 22.3. The van der Waals surface area contributed by atoms with E-state index in [1.165, 1.54) is 6.42 Å². The SMILES string of the molecule is Cc1ccc(C(=O)O[C@H](C)C(=O)N[C@@H]2CCCC[C@@H]2C)cc1C. The van der Waals surface area contributed by atoms with Crippen LogP contribution in [0, 0.1) is 19.8 Å². The molecule has 1 saturated carbocycles. The van der Waals surface area contributed by atoms with Crippen molar-refractivity contribution in [3.05, 3.63) is 34.9 Å². The summed E-state index contributed by atoms with van der Waals surface area (Å²) >= 11 is 0. The molecule has 1 N–H and O–H groups in total. The molecule has 4 nitrogen and oxygen atoms in total. The van der Waals surface area contributed by atoms with E-state index in [2.05, 4.69) is 12.2 Å². The summed E-state index contributed by atoms with van der Waals surface area (Å²) in [4.78, 5) is 24.4. The average molecular weight is 317 g/mol. The third-order valence-corrected chi connectivity index (χ3v) is 4.83. The van der Waals surface area contributed by atoms with Crippen molar-refractivity contribution in [3.63, 3.8) is 0 Å². The van der Waals surface area contributed by atoms with Crippen molar-refractivity contribution in [2.45, 2.75) is 65.5 Å². The number of nitrogens with one attached hydrogen (secondary N) is 1. The summed E-state index contributed by atoms with van der Waals surface area (Å²) < 4.78 is 5.32. The molecule has 1 aliphatic rings. The van der Waals surface area contributed by atoms with Gasteiger partial charge in [0.15, 0.2) is 6.10 Å². The largest absolute Gasteiger partial charge is 0.449 e. The lowest BCUT2D eigenvalue weighted by atomic mass is 9.86. The number of amides is 1. The van der Waals surface area contributed by atoms with Crippen LogP contribution < -0.4 is 5.32 Å². The molecule has 0 bridgehead atoms. The predicted octanol–water partition coefficient (Wildman–Crippen LogP) is 3.54. The Hall–Kier alpha value is -1.84. The Labute approximate surface area is 138 Å². The number of ether oxygens (including phenoxy) is 1. The van der Waals surface area contributed by atoms with Gasteiger partial charge in [0.05, 0.1) is 5.56 Å². The molecule has 0 aromatic heterocycles. The molecule has 4 heteroatoms. The standard InChI is InChI=1S/C19H27NO3/c1-12-9-10-16(11-14(12)3)19(22)23-15(4)18(21)20-17-8-6-5-7-13(17)2/h9-11,13,15,17H,5-8H2,1-4H3,(H,20,21)/t13-,15+,17+/m0/s1. The number of carbonyl (C=O) groups excluding carboxylic acids is 2. The summed E-state index contributed by atoms with van der Waals surface area (Å²) in [6.07, 6.45) is 3.74. The Morgan fingerprint density at radius 3 is 2.52 bits per heavy atom. The summed E-state index contributed by atoms with van der Waals surface area (Å²) in [5, 5.41) is 3.03. The van der Waals surface area contributed by atoms with Crippen LogP contribution in [0.2, 0.25) is 0 Å². The molecule has 1 aromatic rings. The molecule has 1 amide bonds. The fourth-order valence-corrected chi connectivity index (χ4v) is 2.98. The van der Waals surface area contributed by atoms with Gasteiger partial charge in [0.2, 0.25) is 0 Å². The average Bonchev–Trinajstić information content (AvgIpc) is 2.52. The van der Waals surface area contributed by atoms with Gasteiger partial charge in [-0.25, -0.2) is 4.79 Å². The first-order chi connectivity index (χ1) is 10.9. The molecule has 0 unspecified atom stereocenters. The van der Waals surface area contributed by atoms with Crippen LogP contribution in [0.15, 0.2) is 18.2 Å². The van der Waals surface area contributed by atoms with Crippen LogP contribution >= 0.6 is 0 Å². The Morgan fingerprint density at radius 1 is 1.17 bits per heavy atom. The van der Waals surface area contributed by atoms with Crippen LogP contribution in [0.4, 0.5) is 0 Å². The van der Waals surface area contributed by atoms with Gasteiger partial charge in [0.1, 0.15) is 0 Å². The maximum Gasteiger partial charge on any atom is 0.338 e. The van der Waals surface area contributed by atoms with Crippen molar-refractivity contribution < 1.29 is 14.3 Å². The molecule has 0 aliphatic heterocycles. The Balaban J connectivity index is 1.92. The second-order valence-corrected chi connectivity index (χ2v) is 6.72. The summed E-state index contributed by atoms with van der Waals surface area (Å²) in [6.45, 7) is 7.73. The highest BCUT2D eigenvalue weighted by atomic mass is 16.5. The maximum atomic E-state index is 12.3. The molecule has 3 atom stereocenters. The van der Waals surface area contributed by atoms with Crippen molar-refractivity contribution in [3.8, 4) is 0 Å². The van der Waals surface area contributed by atoms with Crippen LogP contribution in [0.3, 0.4) is 0 Å². The van der Waals surface area contributed by atoms with Crippen LogP contribution in [0.1, 0.15) is 61.0 Å². The van der Waals surface area contributed by atoms with E-state index in [0.717, 1.165) is 30.4 Å². The molecule has 23 heavy (non-hydrogen) atoms. The number of carbonyl (C=O) groups is 2. The van der Waals surface area contributed by atoms with Crippen molar-refractivity contribution in [1.82, 2.24) is 5.32 Å². The molecular formula is C19H27NO3. The summed E-state index contributed by atoms with van der Waals surface area (Å²) in [5.41, 5.74) is 2.64. The Morgan fingerprint density at radius 2 is 1.87 bits per heavy atom. The summed E-state index contributed by atoms with van der Waals surface area (Å²) in [7, 11) is 0. The summed E-state index contributed by atoms with van der Waals surface area (Å²) in [6, 6.07) is 5.61. The predicted molar refractivity (Wildman–Crippen MR) is 90.4 cm³/mol. The number of rotatable bonds is 4. The minimum atomic E-state index is -0.779. The molecule has 0 saturated heterocycles. The fraction of sp³-hybridized carbons (Fsp3) is 0.579. The van der Waals surface area contributed by atoms with E-state index in [4.69, 9.17) is 4.74 Å². The molecule has 2 rings (SSSR count). The van der Waals surface area contributed by atoms with Gasteiger partial charge in [-0.15, -0.1) is 0 Å². The van der Waals surface area contributed by atoms with Crippen LogP contribution in [0.5, 0.6) is 0 Å². The zero-order chi connectivity index (χ0) is 17.0. The lowest BCUT2D eigenvalue weighted by molar-refractivity contribution is -0.130. The second-order valence-electron chi connectivity index (χ2n) is 6.72. The molecular weight excluding hydrogens is 290 g/mol. The third-order valence-electron chi connectivity index (χ3n) is 4.83. The van der Waals surface area contributed by atoms with Crippen molar-refractivity contribution >= 4 is 11.9 Å². The highest BCUT2D eigenvalue weighted by Crippen LogP contribution is 2.23. The molecule has 0 heterocycles. The van der Waals surface area contributed by atoms with Crippen LogP contribution in [0.25, 0.3) is 0 Å². The molecule has 1 aromatic carbocycles. The van der Waals surface area contributed by atoms with Crippen LogP contribution in [-0.4, -0.2) is 24.0 Å². The van der Waals surface area contributed by atoms with E-state index < -0.39 is 12.1 Å². The minimum Gasteiger partial charge on any atom is -0.449 e. The zero-order valence-corrected chi connectivity index (χ0v) is 14.5. The molecule has 0 radical (unpaired) electrons. The first kappa shape index (κ1) is 17.5. The fourth-order valence-electron chi connectivity index (χ4n) is 2.98. The molecule has 1 fully saturated rings. The first-order valence-corrected chi connectivity index (χ1v) is 8.47. The van der Waals surface area contributed by atoms with Gasteiger partial charge in [-0.2, -0.15) is 0 Å². The van der Waals surface area contributed by atoms with E-state index in [9.17, 15) is 9.59 Å². The van der Waals surface area contributed by atoms with Gasteiger partial charge >= 0.3 is 5.97 Å². The van der Waals surface area contributed by atoms with E-state index in [1.54, 1.807) is 19.1 Å². The lowest BCUT2D eigenvalue weighted by Gasteiger charge is -2.30. The van der Waals surface area contributed by atoms with E-state index in [1.807, 2.05) is 19.9 Å². The highest BCUT2D eigenvalue weighted by Gasteiger charge is 2.26. The third kappa shape index (κ3) is 4.57. The van der Waals surface area contributed by atoms with Crippen molar-refractivity contribution in [2.75, 3.05) is 0 Å². The monoisotopic (exact) mass is 317 g/mol. The van der Waals surface area contributed by atoms with Gasteiger partial charge in [-0.1, -0.05) is 25.8 Å². The van der Waals surface area contributed by atoms with Crippen molar-refractivity contribution in [1.29, 1.82) is 0 Å². The Kier molecular flexibility index (Phi) is 5.80.